The molecule has 1 atom stereocenters. The number of rotatable bonds is 5. The smallest absolute Gasteiger partial charge is 0.268 e. The lowest BCUT2D eigenvalue weighted by molar-refractivity contribution is 0.0906. The predicted octanol–water partition coefficient (Wildman–Crippen LogP) is 3.11. The average Bonchev–Trinajstić information content (AvgIpc) is 3.28. The minimum atomic E-state index is -0.0326. The van der Waals surface area contributed by atoms with Crippen LogP contribution in [-0.4, -0.2) is 23.1 Å². The Morgan fingerprint density at radius 3 is 2.67 bits per heavy atom. The molecule has 2 aliphatic rings. The van der Waals surface area contributed by atoms with E-state index in [0.29, 0.717) is 29.2 Å². The number of aromatic nitrogens is 1. The van der Waals surface area contributed by atoms with E-state index in [1.807, 2.05) is 10.8 Å². The zero-order valence-corrected chi connectivity index (χ0v) is 13.1. The number of amides is 1. The van der Waals surface area contributed by atoms with Crippen molar-refractivity contribution in [1.29, 1.82) is 0 Å². The molecule has 0 aromatic carbocycles. The first-order chi connectivity index (χ1) is 10.2. The lowest BCUT2D eigenvalue weighted by Gasteiger charge is -2.30. The van der Waals surface area contributed by atoms with Gasteiger partial charge in [0.2, 0.25) is 0 Å². The van der Waals surface area contributed by atoms with Gasteiger partial charge in [-0.3, -0.25) is 4.79 Å². The van der Waals surface area contributed by atoms with E-state index in [1.165, 1.54) is 32.1 Å². The molecule has 3 N–H and O–H groups in total. The molecule has 2 fully saturated rings. The molecule has 0 aliphatic heterocycles. The van der Waals surface area contributed by atoms with Gasteiger partial charge in [-0.15, -0.1) is 0 Å². The molecule has 1 amide bonds. The molecule has 0 saturated heterocycles. The molecule has 2 saturated carbocycles. The Kier molecular flexibility index (Phi) is 4.55. The van der Waals surface area contributed by atoms with Crippen LogP contribution < -0.4 is 11.1 Å². The third-order valence-corrected chi connectivity index (χ3v) is 4.98. The van der Waals surface area contributed by atoms with Crippen LogP contribution in [0.25, 0.3) is 0 Å². The quantitative estimate of drug-likeness (QED) is 0.878. The van der Waals surface area contributed by atoms with E-state index in [4.69, 9.17) is 17.3 Å². The van der Waals surface area contributed by atoms with Crippen LogP contribution in [-0.2, 0) is 0 Å². The zero-order valence-electron chi connectivity index (χ0n) is 12.4. The SMILES string of the molecule is NCC(NC(=O)c1cc(Cl)cn1C1CC1)C1CCCCC1. The fourth-order valence-corrected chi connectivity index (χ4v) is 3.64. The molecule has 4 nitrogen and oxygen atoms in total. The van der Waals surface area contributed by atoms with Gasteiger partial charge >= 0.3 is 0 Å². The summed E-state index contributed by atoms with van der Waals surface area (Å²) in [5, 5.41) is 3.78. The summed E-state index contributed by atoms with van der Waals surface area (Å²) in [6, 6.07) is 2.30. The van der Waals surface area contributed by atoms with Gasteiger partial charge in [0, 0.05) is 24.8 Å². The largest absolute Gasteiger partial charge is 0.346 e. The Bertz CT molecular complexity index is 504. The second kappa shape index (κ2) is 6.41. The topological polar surface area (TPSA) is 60.0 Å². The van der Waals surface area contributed by atoms with Crippen LogP contribution in [0.15, 0.2) is 12.3 Å². The van der Waals surface area contributed by atoms with Crippen LogP contribution in [0, 0.1) is 5.92 Å². The number of carbonyl (C=O) groups is 1. The lowest BCUT2D eigenvalue weighted by Crippen LogP contribution is -2.46. The van der Waals surface area contributed by atoms with Gasteiger partial charge in [0.25, 0.3) is 5.91 Å². The van der Waals surface area contributed by atoms with Gasteiger partial charge in [-0.2, -0.15) is 0 Å². The van der Waals surface area contributed by atoms with Crippen LogP contribution in [0.3, 0.4) is 0 Å². The van der Waals surface area contributed by atoms with Gasteiger partial charge in [-0.1, -0.05) is 30.9 Å². The lowest BCUT2D eigenvalue weighted by atomic mass is 9.84. The normalized spacial score (nSPS) is 21.2. The van der Waals surface area contributed by atoms with E-state index in [0.717, 1.165) is 12.8 Å². The molecule has 1 unspecified atom stereocenters. The first kappa shape index (κ1) is 14.9. The Balaban J connectivity index is 1.69. The van der Waals surface area contributed by atoms with E-state index in [9.17, 15) is 4.79 Å². The molecule has 5 heteroatoms. The number of nitrogens with one attached hydrogen (secondary N) is 1. The van der Waals surface area contributed by atoms with Crippen LogP contribution in [0.5, 0.6) is 0 Å². The van der Waals surface area contributed by atoms with Crippen LogP contribution in [0.2, 0.25) is 5.02 Å². The highest BCUT2D eigenvalue weighted by Crippen LogP contribution is 2.37. The number of nitrogens with two attached hydrogens (primary N) is 1. The average molecular weight is 310 g/mol. The Morgan fingerprint density at radius 1 is 1.33 bits per heavy atom. The van der Waals surface area contributed by atoms with Crippen molar-refractivity contribution in [2.24, 2.45) is 11.7 Å². The van der Waals surface area contributed by atoms with Crippen LogP contribution in [0.1, 0.15) is 61.5 Å². The summed E-state index contributed by atoms with van der Waals surface area (Å²) in [6.07, 6.45) is 10.3. The molecule has 21 heavy (non-hydrogen) atoms. The van der Waals surface area contributed by atoms with Crippen molar-refractivity contribution >= 4 is 17.5 Å². The number of hydrogen-bond acceptors (Lipinski definition) is 2. The third-order valence-electron chi connectivity index (χ3n) is 4.78. The van der Waals surface area contributed by atoms with Gasteiger partial charge in [0.15, 0.2) is 0 Å². The second-order valence-electron chi connectivity index (χ2n) is 6.40. The fourth-order valence-electron chi connectivity index (χ4n) is 3.43. The number of halogens is 1. The van der Waals surface area contributed by atoms with Crippen molar-refractivity contribution in [3.63, 3.8) is 0 Å². The van der Waals surface area contributed by atoms with Crippen molar-refractivity contribution in [3.8, 4) is 0 Å². The maximum absolute atomic E-state index is 12.6. The van der Waals surface area contributed by atoms with Crippen LogP contribution in [0.4, 0.5) is 0 Å². The molecule has 0 bridgehead atoms. The maximum atomic E-state index is 12.6. The summed E-state index contributed by atoms with van der Waals surface area (Å²) in [7, 11) is 0. The third kappa shape index (κ3) is 3.43. The van der Waals surface area contributed by atoms with Crippen molar-refractivity contribution in [1.82, 2.24) is 9.88 Å². The van der Waals surface area contributed by atoms with Crippen molar-refractivity contribution in [2.45, 2.75) is 57.0 Å². The second-order valence-corrected chi connectivity index (χ2v) is 6.83. The highest BCUT2D eigenvalue weighted by Gasteiger charge is 2.30. The first-order valence-corrected chi connectivity index (χ1v) is 8.45. The van der Waals surface area contributed by atoms with Gasteiger partial charge in [0.05, 0.1) is 5.02 Å². The van der Waals surface area contributed by atoms with Gasteiger partial charge < -0.3 is 15.6 Å². The molecule has 2 aliphatic carbocycles. The van der Waals surface area contributed by atoms with Gasteiger partial charge in [0.1, 0.15) is 5.69 Å². The minimum absolute atomic E-state index is 0.0326. The summed E-state index contributed by atoms with van der Waals surface area (Å²) >= 11 is 6.08. The monoisotopic (exact) mass is 309 g/mol. The molecule has 0 radical (unpaired) electrons. The summed E-state index contributed by atoms with van der Waals surface area (Å²) in [4.78, 5) is 12.6. The highest BCUT2D eigenvalue weighted by atomic mass is 35.5. The van der Waals surface area contributed by atoms with E-state index < -0.39 is 0 Å². The molecular formula is C16H24ClN3O. The minimum Gasteiger partial charge on any atom is -0.346 e. The maximum Gasteiger partial charge on any atom is 0.268 e. The molecule has 3 rings (SSSR count). The standard InChI is InChI=1S/C16H24ClN3O/c17-12-8-15(20(10-12)13-6-7-13)16(21)19-14(9-18)11-4-2-1-3-5-11/h8,10-11,13-14H,1-7,9,18H2,(H,19,21). The molecule has 1 aromatic heterocycles. The number of hydrogen-bond donors (Lipinski definition) is 2. The van der Waals surface area contributed by atoms with Crippen LogP contribution >= 0.6 is 11.6 Å². The molecule has 1 aromatic rings. The summed E-state index contributed by atoms with van der Waals surface area (Å²) in [5.41, 5.74) is 6.58. The van der Waals surface area contributed by atoms with E-state index >= 15 is 0 Å². The van der Waals surface area contributed by atoms with Crippen molar-refractivity contribution in [3.05, 3.63) is 23.0 Å². The zero-order chi connectivity index (χ0) is 14.8. The number of nitrogens with zero attached hydrogens (tertiary/aromatic N) is 1. The summed E-state index contributed by atoms with van der Waals surface area (Å²) in [5.74, 6) is 0.488. The van der Waals surface area contributed by atoms with Gasteiger partial charge in [-0.25, -0.2) is 0 Å². The van der Waals surface area contributed by atoms with E-state index in [1.54, 1.807) is 6.07 Å². The summed E-state index contributed by atoms with van der Waals surface area (Å²) in [6.45, 7) is 0.508. The molecule has 0 spiro atoms. The Hall–Kier alpha value is -1.00. The first-order valence-electron chi connectivity index (χ1n) is 8.07. The Morgan fingerprint density at radius 2 is 2.05 bits per heavy atom. The van der Waals surface area contributed by atoms with E-state index in [2.05, 4.69) is 5.32 Å². The van der Waals surface area contributed by atoms with E-state index in [-0.39, 0.29) is 11.9 Å². The van der Waals surface area contributed by atoms with Crippen molar-refractivity contribution in [2.75, 3.05) is 6.54 Å². The molecule has 1 heterocycles. The molecular weight excluding hydrogens is 286 g/mol. The predicted molar refractivity (Wildman–Crippen MR) is 84.6 cm³/mol. The number of carbonyl (C=O) groups excluding carboxylic acids is 1. The highest BCUT2D eigenvalue weighted by molar-refractivity contribution is 6.31. The summed E-state index contributed by atoms with van der Waals surface area (Å²) < 4.78 is 2.02. The van der Waals surface area contributed by atoms with Crippen molar-refractivity contribution < 1.29 is 4.79 Å². The Labute approximate surface area is 131 Å². The molecule has 116 valence electrons. The fraction of sp³-hybridized carbons (Fsp3) is 0.688. The van der Waals surface area contributed by atoms with Gasteiger partial charge in [-0.05, 0) is 37.7 Å².